The van der Waals surface area contributed by atoms with E-state index in [1.165, 1.54) is 0 Å². The highest BCUT2D eigenvalue weighted by atomic mass is 35.5. The third-order valence-electron chi connectivity index (χ3n) is 3.63. The number of aliphatic hydroxyl groups excluding tert-OH is 1. The number of nitrogens with zero attached hydrogens (tertiary/aromatic N) is 2. The highest BCUT2D eigenvalue weighted by molar-refractivity contribution is 6.31. The molecule has 4 heteroatoms. The van der Waals surface area contributed by atoms with E-state index in [4.69, 9.17) is 11.6 Å². The largest absolute Gasteiger partial charge is 0.388 e. The Morgan fingerprint density at radius 3 is 2.65 bits per heavy atom. The lowest BCUT2D eigenvalue weighted by Gasteiger charge is -2.15. The summed E-state index contributed by atoms with van der Waals surface area (Å²) in [6.45, 7) is 8.71. The summed E-state index contributed by atoms with van der Waals surface area (Å²) in [4.78, 5) is 0. The van der Waals surface area contributed by atoms with Crippen molar-refractivity contribution in [1.29, 1.82) is 0 Å². The highest BCUT2D eigenvalue weighted by Gasteiger charge is 2.18. The Balaban J connectivity index is 2.32. The smallest absolute Gasteiger partial charge is 0.0848 e. The zero-order chi connectivity index (χ0) is 14.9. The predicted molar refractivity (Wildman–Crippen MR) is 82.2 cm³/mol. The van der Waals surface area contributed by atoms with Crippen molar-refractivity contribution in [2.75, 3.05) is 0 Å². The van der Waals surface area contributed by atoms with Crippen LogP contribution in [0.25, 0.3) is 0 Å². The van der Waals surface area contributed by atoms with E-state index in [9.17, 15) is 5.11 Å². The number of benzene rings is 1. The van der Waals surface area contributed by atoms with Gasteiger partial charge in [-0.3, -0.25) is 4.68 Å². The molecule has 0 bridgehead atoms. The number of hydrogen-bond donors (Lipinski definition) is 1. The number of halogens is 1. The first-order valence-electron chi connectivity index (χ1n) is 6.91. The van der Waals surface area contributed by atoms with Crippen molar-refractivity contribution in [3.8, 4) is 0 Å². The van der Waals surface area contributed by atoms with Gasteiger partial charge in [0.1, 0.15) is 0 Å². The zero-order valence-electron chi connectivity index (χ0n) is 12.4. The molecule has 0 aliphatic rings. The molecule has 0 spiro atoms. The summed E-state index contributed by atoms with van der Waals surface area (Å²) in [5.74, 6) is 0. The van der Waals surface area contributed by atoms with E-state index < -0.39 is 6.10 Å². The van der Waals surface area contributed by atoms with E-state index in [2.05, 4.69) is 11.2 Å². The topological polar surface area (TPSA) is 38.0 Å². The summed E-state index contributed by atoms with van der Waals surface area (Å²) in [7, 11) is 0. The molecule has 20 heavy (non-hydrogen) atoms. The Labute approximate surface area is 125 Å². The lowest BCUT2D eigenvalue weighted by atomic mass is 9.98. The molecule has 108 valence electrons. The van der Waals surface area contributed by atoms with Crippen molar-refractivity contribution in [1.82, 2.24) is 9.78 Å². The Bertz CT molecular complexity index is 619. The first kappa shape index (κ1) is 15.1. The molecule has 0 aliphatic carbocycles. The normalized spacial score (nSPS) is 12.7. The molecule has 1 aromatic heterocycles. The molecule has 1 atom stereocenters. The van der Waals surface area contributed by atoms with Crippen molar-refractivity contribution < 1.29 is 5.11 Å². The summed E-state index contributed by atoms with van der Waals surface area (Å²) in [5, 5.41) is 15.6. The van der Waals surface area contributed by atoms with E-state index >= 15 is 0 Å². The van der Waals surface area contributed by atoms with Gasteiger partial charge in [0.05, 0.1) is 22.5 Å². The fourth-order valence-corrected chi connectivity index (χ4v) is 2.69. The maximum Gasteiger partial charge on any atom is 0.0848 e. The van der Waals surface area contributed by atoms with E-state index in [0.717, 1.165) is 34.6 Å². The standard InChI is InChI=1S/C16H21ClN2O/c1-5-19-14(16(17)12(4)18-19)9-15(20)13-8-10(2)6-7-11(13)3/h6-8,15,20H,5,9H2,1-4H3. The van der Waals surface area contributed by atoms with Crippen LogP contribution in [0.5, 0.6) is 0 Å². The van der Waals surface area contributed by atoms with Gasteiger partial charge in [-0.2, -0.15) is 5.10 Å². The molecule has 1 N–H and O–H groups in total. The Morgan fingerprint density at radius 1 is 1.30 bits per heavy atom. The SMILES string of the molecule is CCn1nc(C)c(Cl)c1CC(O)c1cc(C)ccc1C. The Kier molecular flexibility index (Phi) is 4.51. The number of aryl methyl sites for hydroxylation is 4. The van der Waals surface area contributed by atoms with E-state index in [1.54, 1.807) is 0 Å². The maximum absolute atomic E-state index is 10.5. The molecule has 0 saturated heterocycles. The fourth-order valence-electron chi connectivity index (χ4n) is 2.48. The van der Waals surface area contributed by atoms with Gasteiger partial charge >= 0.3 is 0 Å². The van der Waals surface area contributed by atoms with Gasteiger partial charge in [-0.05, 0) is 38.8 Å². The maximum atomic E-state index is 10.5. The van der Waals surface area contributed by atoms with Gasteiger partial charge in [-0.15, -0.1) is 0 Å². The van der Waals surface area contributed by atoms with Gasteiger partial charge < -0.3 is 5.11 Å². The average molecular weight is 293 g/mol. The van der Waals surface area contributed by atoms with Gasteiger partial charge in [-0.25, -0.2) is 0 Å². The van der Waals surface area contributed by atoms with Crippen LogP contribution in [-0.2, 0) is 13.0 Å². The monoisotopic (exact) mass is 292 g/mol. The number of aliphatic hydroxyl groups is 1. The third-order valence-corrected chi connectivity index (χ3v) is 4.12. The summed E-state index contributed by atoms with van der Waals surface area (Å²) in [6, 6.07) is 6.13. The number of hydrogen-bond acceptors (Lipinski definition) is 2. The molecule has 0 saturated carbocycles. The van der Waals surface area contributed by atoms with Crippen molar-refractivity contribution in [2.45, 2.75) is 46.8 Å². The predicted octanol–water partition coefficient (Wildman–Crippen LogP) is 3.76. The minimum atomic E-state index is -0.561. The third kappa shape index (κ3) is 2.89. The summed E-state index contributed by atoms with van der Waals surface area (Å²) >= 11 is 6.30. The number of aromatic nitrogens is 2. The van der Waals surface area contributed by atoms with Gasteiger partial charge in [0.15, 0.2) is 0 Å². The van der Waals surface area contributed by atoms with Crippen LogP contribution < -0.4 is 0 Å². The van der Waals surface area contributed by atoms with Crippen LogP contribution in [0.15, 0.2) is 18.2 Å². The van der Waals surface area contributed by atoms with E-state index in [0.29, 0.717) is 11.4 Å². The first-order valence-corrected chi connectivity index (χ1v) is 7.28. The molecule has 2 rings (SSSR count). The van der Waals surface area contributed by atoms with E-state index in [-0.39, 0.29) is 0 Å². The van der Waals surface area contributed by atoms with E-state index in [1.807, 2.05) is 44.5 Å². The van der Waals surface area contributed by atoms with Crippen LogP contribution in [0.3, 0.4) is 0 Å². The second-order valence-electron chi connectivity index (χ2n) is 5.24. The highest BCUT2D eigenvalue weighted by Crippen LogP contribution is 2.28. The quantitative estimate of drug-likeness (QED) is 0.932. The molecular formula is C16H21ClN2O. The van der Waals surface area contributed by atoms with Crippen molar-refractivity contribution in [3.05, 3.63) is 51.3 Å². The van der Waals surface area contributed by atoms with Crippen LogP contribution in [0.1, 0.15) is 41.1 Å². The fraction of sp³-hybridized carbons (Fsp3) is 0.438. The van der Waals surface area contributed by atoms with Crippen LogP contribution in [-0.4, -0.2) is 14.9 Å². The van der Waals surface area contributed by atoms with Crippen molar-refractivity contribution in [3.63, 3.8) is 0 Å². The molecule has 3 nitrogen and oxygen atoms in total. The first-order chi connectivity index (χ1) is 9.43. The van der Waals surface area contributed by atoms with Crippen molar-refractivity contribution in [2.24, 2.45) is 0 Å². The minimum absolute atomic E-state index is 0.484. The lowest BCUT2D eigenvalue weighted by molar-refractivity contribution is 0.174. The van der Waals surface area contributed by atoms with Crippen LogP contribution in [0, 0.1) is 20.8 Å². The van der Waals surface area contributed by atoms with Gasteiger partial charge in [0, 0.05) is 13.0 Å². The number of rotatable bonds is 4. The van der Waals surface area contributed by atoms with Crippen LogP contribution in [0.2, 0.25) is 5.02 Å². The molecule has 2 aromatic rings. The molecule has 0 amide bonds. The molecular weight excluding hydrogens is 272 g/mol. The lowest BCUT2D eigenvalue weighted by Crippen LogP contribution is -2.10. The molecule has 0 aliphatic heterocycles. The molecule has 0 fully saturated rings. The molecule has 1 unspecified atom stereocenters. The summed E-state index contributed by atoms with van der Waals surface area (Å²) < 4.78 is 1.87. The van der Waals surface area contributed by atoms with Gasteiger partial charge in [-0.1, -0.05) is 35.4 Å². The van der Waals surface area contributed by atoms with Crippen molar-refractivity contribution >= 4 is 11.6 Å². The second kappa shape index (κ2) is 5.98. The van der Waals surface area contributed by atoms with Gasteiger partial charge in [0.2, 0.25) is 0 Å². The molecule has 1 aromatic carbocycles. The summed E-state index contributed by atoms with van der Waals surface area (Å²) in [5.41, 5.74) is 4.92. The minimum Gasteiger partial charge on any atom is -0.388 e. The Morgan fingerprint density at radius 2 is 2.00 bits per heavy atom. The summed E-state index contributed by atoms with van der Waals surface area (Å²) in [6.07, 6.45) is -0.0774. The average Bonchev–Trinajstić information content (AvgIpc) is 2.69. The second-order valence-corrected chi connectivity index (χ2v) is 5.62. The molecule has 1 heterocycles. The van der Waals surface area contributed by atoms with Crippen LogP contribution >= 0.6 is 11.6 Å². The molecule has 0 radical (unpaired) electrons. The van der Waals surface area contributed by atoms with Crippen LogP contribution in [0.4, 0.5) is 0 Å². The Hall–Kier alpha value is -1.32. The zero-order valence-corrected chi connectivity index (χ0v) is 13.2. The van der Waals surface area contributed by atoms with Gasteiger partial charge in [0.25, 0.3) is 0 Å².